The van der Waals surface area contributed by atoms with Gasteiger partial charge < -0.3 is 10.5 Å². The van der Waals surface area contributed by atoms with E-state index in [1.54, 1.807) is 0 Å². The zero-order valence-electron chi connectivity index (χ0n) is 12.3. The maximum Gasteiger partial charge on any atom is 0.0675 e. The van der Waals surface area contributed by atoms with Gasteiger partial charge in [-0.2, -0.15) is 0 Å². The van der Waals surface area contributed by atoms with Crippen molar-refractivity contribution in [1.29, 1.82) is 0 Å². The first-order valence-corrected chi connectivity index (χ1v) is 7.72. The summed E-state index contributed by atoms with van der Waals surface area (Å²) < 4.78 is 5.84. The Balaban J connectivity index is 2.22. The summed E-state index contributed by atoms with van der Waals surface area (Å²) in [4.78, 5) is 2.71. The molecule has 2 aliphatic rings. The summed E-state index contributed by atoms with van der Waals surface area (Å²) in [5.41, 5.74) is 6.47. The van der Waals surface area contributed by atoms with Crippen LogP contribution in [0.1, 0.15) is 52.9 Å². The van der Waals surface area contributed by atoms with Crippen molar-refractivity contribution in [2.24, 2.45) is 11.7 Å². The quantitative estimate of drug-likeness (QED) is 0.840. The van der Waals surface area contributed by atoms with Gasteiger partial charge in [0.25, 0.3) is 0 Å². The minimum Gasteiger partial charge on any atom is -0.376 e. The average molecular weight is 254 g/mol. The van der Waals surface area contributed by atoms with Crippen molar-refractivity contribution >= 4 is 0 Å². The number of nitrogens with zero attached hydrogens (tertiary/aromatic N) is 1. The van der Waals surface area contributed by atoms with Gasteiger partial charge in [0.05, 0.1) is 12.7 Å². The van der Waals surface area contributed by atoms with Crippen LogP contribution in [0.4, 0.5) is 0 Å². The summed E-state index contributed by atoms with van der Waals surface area (Å²) in [6, 6.07) is 0.560. The van der Waals surface area contributed by atoms with Gasteiger partial charge in [0, 0.05) is 24.7 Å². The summed E-state index contributed by atoms with van der Waals surface area (Å²) in [5, 5.41) is 0. The highest BCUT2D eigenvalue weighted by Gasteiger charge is 2.46. The number of hydrogen-bond donors (Lipinski definition) is 1. The normalized spacial score (nSPS) is 43.0. The molecule has 1 aliphatic carbocycles. The summed E-state index contributed by atoms with van der Waals surface area (Å²) >= 11 is 0. The SMILES string of the molecule is CCC1COC(C)CN1C1(CN)CCCCC1C. The largest absolute Gasteiger partial charge is 0.376 e. The fraction of sp³-hybridized carbons (Fsp3) is 1.00. The van der Waals surface area contributed by atoms with E-state index in [0.717, 1.165) is 25.6 Å². The molecule has 1 saturated heterocycles. The predicted octanol–water partition coefficient (Wildman–Crippen LogP) is 2.39. The van der Waals surface area contributed by atoms with Gasteiger partial charge in [0.2, 0.25) is 0 Å². The average Bonchev–Trinajstić information content (AvgIpc) is 2.39. The molecule has 106 valence electrons. The Morgan fingerprint density at radius 3 is 2.72 bits per heavy atom. The maximum atomic E-state index is 6.24. The topological polar surface area (TPSA) is 38.5 Å². The molecule has 0 radical (unpaired) electrons. The first-order valence-electron chi connectivity index (χ1n) is 7.72. The first kappa shape index (κ1) is 14.3. The predicted molar refractivity (Wildman–Crippen MR) is 75.6 cm³/mol. The minimum atomic E-state index is 0.233. The molecule has 0 spiro atoms. The van der Waals surface area contributed by atoms with Gasteiger partial charge in [0.1, 0.15) is 0 Å². The molecule has 0 aromatic rings. The molecular formula is C15H30N2O. The monoisotopic (exact) mass is 254 g/mol. The van der Waals surface area contributed by atoms with Gasteiger partial charge in [-0.3, -0.25) is 4.90 Å². The number of morpholine rings is 1. The van der Waals surface area contributed by atoms with Crippen molar-refractivity contribution in [1.82, 2.24) is 4.90 Å². The molecule has 4 atom stereocenters. The van der Waals surface area contributed by atoms with E-state index in [1.165, 1.54) is 32.1 Å². The van der Waals surface area contributed by atoms with Crippen molar-refractivity contribution in [2.45, 2.75) is 70.6 Å². The highest BCUT2D eigenvalue weighted by molar-refractivity contribution is 5.01. The van der Waals surface area contributed by atoms with Crippen LogP contribution in [-0.2, 0) is 4.74 Å². The van der Waals surface area contributed by atoms with Gasteiger partial charge in [0.15, 0.2) is 0 Å². The lowest BCUT2D eigenvalue weighted by atomic mass is 9.71. The third kappa shape index (κ3) is 2.45. The van der Waals surface area contributed by atoms with Crippen LogP contribution in [0.3, 0.4) is 0 Å². The van der Waals surface area contributed by atoms with E-state index >= 15 is 0 Å². The molecule has 0 amide bonds. The molecule has 3 heteroatoms. The Labute approximate surface area is 112 Å². The van der Waals surface area contributed by atoms with Crippen LogP contribution in [0.2, 0.25) is 0 Å². The third-order valence-corrected chi connectivity index (χ3v) is 5.28. The molecule has 0 bridgehead atoms. The number of ether oxygens (including phenoxy) is 1. The molecule has 2 N–H and O–H groups in total. The van der Waals surface area contributed by atoms with Crippen molar-refractivity contribution in [3.05, 3.63) is 0 Å². The summed E-state index contributed by atoms with van der Waals surface area (Å²) in [6.07, 6.45) is 6.84. The molecule has 2 rings (SSSR count). The minimum absolute atomic E-state index is 0.233. The fourth-order valence-corrected chi connectivity index (χ4v) is 3.97. The summed E-state index contributed by atoms with van der Waals surface area (Å²) in [6.45, 7) is 9.60. The van der Waals surface area contributed by atoms with E-state index in [9.17, 15) is 0 Å². The van der Waals surface area contributed by atoms with Crippen LogP contribution in [0.25, 0.3) is 0 Å². The molecule has 4 unspecified atom stereocenters. The number of rotatable bonds is 3. The van der Waals surface area contributed by atoms with Crippen LogP contribution in [0, 0.1) is 5.92 Å². The Hall–Kier alpha value is -0.120. The second-order valence-electron chi connectivity index (χ2n) is 6.31. The van der Waals surface area contributed by atoms with Crippen LogP contribution < -0.4 is 5.73 Å². The van der Waals surface area contributed by atoms with Crippen LogP contribution in [0.5, 0.6) is 0 Å². The lowest BCUT2D eigenvalue weighted by Crippen LogP contribution is -2.66. The molecular weight excluding hydrogens is 224 g/mol. The highest BCUT2D eigenvalue weighted by atomic mass is 16.5. The molecule has 0 aromatic carbocycles. The van der Waals surface area contributed by atoms with Gasteiger partial charge in [-0.1, -0.05) is 26.7 Å². The van der Waals surface area contributed by atoms with Gasteiger partial charge in [-0.05, 0) is 32.1 Å². The second kappa shape index (κ2) is 5.89. The Bertz CT molecular complexity index is 271. The standard InChI is InChI=1S/C15H30N2O/c1-4-14-10-18-13(3)9-17(14)15(11-16)8-6-5-7-12(15)2/h12-14H,4-11,16H2,1-3H3. The van der Waals surface area contributed by atoms with Gasteiger partial charge >= 0.3 is 0 Å². The molecule has 3 nitrogen and oxygen atoms in total. The Kier molecular flexibility index (Phi) is 4.68. The number of nitrogens with two attached hydrogens (primary N) is 1. The molecule has 18 heavy (non-hydrogen) atoms. The van der Waals surface area contributed by atoms with Crippen molar-refractivity contribution < 1.29 is 4.74 Å². The van der Waals surface area contributed by atoms with E-state index in [-0.39, 0.29) is 5.54 Å². The van der Waals surface area contributed by atoms with Gasteiger partial charge in [-0.15, -0.1) is 0 Å². The van der Waals surface area contributed by atoms with Crippen molar-refractivity contribution in [2.75, 3.05) is 19.7 Å². The lowest BCUT2D eigenvalue weighted by Gasteiger charge is -2.55. The third-order valence-electron chi connectivity index (χ3n) is 5.28. The summed E-state index contributed by atoms with van der Waals surface area (Å²) in [5.74, 6) is 0.718. The van der Waals surface area contributed by atoms with Crippen LogP contribution in [-0.4, -0.2) is 42.3 Å². The molecule has 0 aromatic heterocycles. The molecule has 1 heterocycles. The fourth-order valence-electron chi connectivity index (χ4n) is 3.97. The van der Waals surface area contributed by atoms with E-state index in [1.807, 2.05) is 0 Å². The summed E-state index contributed by atoms with van der Waals surface area (Å²) in [7, 11) is 0. The van der Waals surface area contributed by atoms with Crippen molar-refractivity contribution in [3.8, 4) is 0 Å². The van der Waals surface area contributed by atoms with Crippen LogP contribution in [0.15, 0.2) is 0 Å². The first-order chi connectivity index (χ1) is 8.64. The van der Waals surface area contributed by atoms with Crippen LogP contribution >= 0.6 is 0 Å². The van der Waals surface area contributed by atoms with Crippen molar-refractivity contribution in [3.63, 3.8) is 0 Å². The second-order valence-corrected chi connectivity index (χ2v) is 6.31. The lowest BCUT2D eigenvalue weighted by molar-refractivity contribution is -0.121. The maximum absolute atomic E-state index is 6.24. The van der Waals surface area contributed by atoms with E-state index in [2.05, 4.69) is 25.7 Å². The van der Waals surface area contributed by atoms with E-state index in [0.29, 0.717) is 12.1 Å². The number of hydrogen-bond acceptors (Lipinski definition) is 3. The highest BCUT2D eigenvalue weighted by Crippen LogP contribution is 2.40. The molecule has 2 fully saturated rings. The van der Waals surface area contributed by atoms with E-state index in [4.69, 9.17) is 10.5 Å². The van der Waals surface area contributed by atoms with Gasteiger partial charge in [-0.25, -0.2) is 0 Å². The van der Waals surface area contributed by atoms with E-state index < -0.39 is 0 Å². The molecule has 1 aliphatic heterocycles. The Morgan fingerprint density at radius 1 is 1.33 bits per heavy atom. The smallest absolute Gasteiger partial charge is 0.0675 e. The Morgan fingerprint density at radius 2 is 2.11 bits per heavy atom. The zero-order valence-corrected chi connectivity index (χ0v) is 12.3. The molecule has 1 saturated carbocycles. The zero-order chi connectivity index (χ0) is 13.2.